The van der Waals surface area contributed by atoms with Crippen LogP contribution < -0.4 is 0 Å². The van der Waals surface area contributed by atoms with Crippen molar-refractivity contribution in [3.8, 4) is 5.75 Å². The molecule has 0 saturated heterocycles. The highest BCUT2D eigenvalue weighted by Crippen LogP contribution is 2.33. The van der Waals surface area contributed by atoms with Crippen LogP contribution in [0.3, 0.4) is 0 Å². The van der Waals surface area contributed by atoms with Gasteiger partial charge in [-0.2, -0.15) is 0 Å². The van der Waals surface area contributed by atoms with Crippen LogP contribution in [0.15, 0.2) is 39.8 Å². The number of aromatic hydroxyl groups is 1. The molecule has 0 aliphatic rings. The molecule has 2 aromatic rings. The fourth-order valence-electron chi connectivity index (χ4n) is 1.86. The summed E-state index contributed by atoms with van der Waals surface area (Å²) >= 11 is 3.13. The third kappa shape index (κ3) is 3.72. The molecule has 0 aromatic heterocycles. The molecule has 0 spiro atoms. The molecule has 2 rings (SSSR count). The van der Waals surface area contributed by atoms with Gasteiger partial charge in [0, 0.05) is 22.3 Å². The Morgan fingerprint density at radius 1 is 1.35 bits per heavy atom. The van der Waals surface area contributed by atoms with Crippen molar-refractivity contribution in [1.29, 1.82) is 0 Å². The molecule has 2 aromatic carbocycles. The molecule has 0 unspecified atom stereocenters. The van der Waals surface area contributed by atoms with E-state index in [-0.39, 0.29) is 11.1 Å². The summed E-state index contributed by atoms with van der Waals surface area (Å²) in [5.41, 5.74) is 0.900. The highest BCUT2D eigenvalue weighted by molar-refractivity contribution is 9.10. The molecule has 0 radical (unpaired) electrons. The van der Waals surface area contributed by atoms with Gasteiger partial charge in [-0.3, -0.25) is 15.1 Å². The molecule has 23 heavy (non-hydrogen) atoms. The Morgan fingerprint density at radius 3 is 2.65 bits per heavy atom. The minimum Gasteiger partial charge on any atom is -0.502 e. The van der Waals surface area contributed by atoms with Gasteiger partial charge in [-0.1, -0.05) is 22.0 Å². The quantitative estimate of drug-likeness (QED) is 0.476. The zero-order valence-electron chi connectivity index (χ0n) is 11.9. The van der Waals surface area contributed by atoms with Crippen LogP contribution in [-0.4, -0.2) is 27.3 Å². The second-order valence-electron chi connectivity index (χ2n) is 4.68. The first-order valence-electron chi connectivity index (χ1n) is 6.34. The number of carboxylic acid groups (broad SMARTS) is 1. The van der Waals surface area contributed by atoms with E-state index in [0.717, 1.165) is 5.56 Å². The molecule has 0 aliphatic heterocycles. The number of hydrogen-bond donors (Lipinski definition) is 2. The van der Waals surface area contributed by atoms with Gasteiger partial charge in [-0.05, 0) is 30.7 Å². The molecule has 2 N–H and O–H groups in total. The standard InChI is InChI=1S/C15H11BrN2O5/c1-8-2-3-9(15(20)21)5-12(8)17-7-10-4-11(16)6-13(14(10)19)18(22)23/h2-7,19H,1H3,(H,20,21). The molecular weight excluding hydrogens is 368 g/mol. The van der Waals surface area contributed by atoms with Crippen LogP contribution in [0.25, 0.3) is 0 Å². The molecule has 118 valence electrons. The molecule has 0 atom stereocenters. The van der Waals surface area contributed by atoms with Gasteiger partial charge in [0.1, 0.15) is 0 Å². The Kier molecular flexibility index (Phi) is 4.75. The van der Waals surface area contributed by atoms with Crippen LogP contribution in [-0.2, 0) is 0 Å². The Labute approximate surface area is 139 Å². The van der Waals surface area contributed by atoms with E-state index in [4.69, 9.17) is 5.11 Å². The number of phenols is 1. The van der Waals surface area contributed by atoms with Crippen LogP contribution in [0.5, 0.6) is 5.75 Å². The second-order valence-corrected chi connectivity index (χ2v) is 5.60. The molecule has 0 amide bonds. The number of halogens is 1. The van der Waals surface area contributed by atoms with Gasteiger partial charge in [0.2, 0.25) is 5.75 Å². The van der Waals surface area contributed by atoms with Crippen molar-refractivity contribution >= 4 is 39.5 Å². The van der Waals surface area contributed by atoms with Gasteiger partial charge < -0.3 is 10.2 Å². The van der Waals surface area contributed by atoms with Crippen molar-refractivity contribution in [1.82, 2.24) is 0 Å². The topological polar surface area (TPSA) is 113 Å². The zero-order valence-corrected chi connectivity index (χ0v) is 13.4. The first-order chi connectivity index (χ1) is 10.8. The number of nitrogens with zero attached hydrogens (tertiary/aromatic N) is 2. The van der Waals surface area contributed by atoms with Crippen molar-refractivity contribution in [3.05, 3.63) is 61.6 Å². The van der Waals surface area contributed by atoms with Crippen LogP contribution in [0.1, 0.15) is 21.5 Å². The number of phenolic OH excluding ortho intramolecular Hbond substituents is 1. The summed E-state index contributed by atoms with van der Waals surface area (Å²) in [6.45, 7) is 1.75. The summed E-state index contributed by atoms with van der Waals surface area (Å²) in [4.78, 5) is 25.3. The van der Waals surface area contributed by atoms with Crippen molar-refractivity contribution in [2.75, 3.05) is 0 Å². The van der Waals surface area contributed by atoms with Crippen LogP contribution in [0, 0.1) is 17.0 Å². The number of nitro benzene ring substituents is 1. The van der Waals surface area contributed by atoms with E-state index in [1.54, 1.807) is 13.0 Å². The molecule has 0 fully saturated rings. The van der Waals surface area contributed by atoms with Crippen molar-refractivity contribution in [2.24, 2.45) is 4.99 Å². The summed E-state index contributed by atoms with van der Waals surface area (Å²) in [7, 11) is 0. The van der Waals surface area contributed by atoms with Crippen molar-refractivity contribution < 1.29 is 19.9 Å². The van der Waals surface area contributed by atoms with E-state index in [2.05, 4.69) is 20.9 Å². The summed E-state index contributed by atoms with van der Waals surface area (Å²) < 4.78 is 0.416. The Hall–Kier alpha value is -2.74. The van der Waals surface area contributed by atoms with Crippen LogP contribution >= 0.6 is 15.9 Å². The molecular formula is C15H11BrN2O5. The first-order valence-corrected chi connectivity index (χ1v) is 7.14. The lowest BCUT2D eigenvalue weighted by Crippen LogP contribution is -1.96. The van der Waals surface area contributed by atoms with Crippen LogP contribution in [0.4, 0.5) is 11.4 Å². The fraction of sp³-hybridized carbons (Fsp3) is 0.0667. The van der Waals surface area contributed by atoms with E-state index in [0.29, 0.717) is 10.2 Å². The number of nitro groups is 1. The normalized spacial score (nSPS) is 10.9. The second kappa shape index (κ2) is 6.57. The van der Waals surface area contributed by atoms with E-state index in [1.807, 2.05) is 0 Å². The maximum atomic E-state index is 11.0. The monoisotopic (exact) mass is 378 g/mol. The number of rotatable bonds is 4. The number of hydrogen-bond acceptors (Lipinski definition) is 5. The Morgan fingerprint density at radius 2 is 2.04 bits per heavy atom. The average Bonchev–Trinajstić information content (AvgIpc) is 2.48. The van der Waals surface area contributed by atoms with E-state index in [1.165, 1.54) is 30.5 Å². The highest BCUT2D eigenvalue weighted by atomic mass is 79.9. The summed E-state index contributed by atoms with van der Waals surface area (Å²) in [5, 5.41) is 29.8. The van der Waals surface area contributed by atoms with Crippen LogP contribution in [0.2, 0.25) is 0 Å². The molecule has 8 heteroatoms. The number of carboxylic acids is 1. The lowest BCUT2D eigenvalue weighted by atomic mass is 10.1. The Bertz CT molecular complexity index is 833. The summed E-state index contributed by atoms with van der Waals surface area (Å²) in [5.74, 6) is -1.59. The lowest BCUT2D eigenvalue weighted by molar-refractivity contribution is -0.385. The van der Waals surface area contributed by atoms with E-state index < -0.39 is 22.3 Å². The molecule has 0 aliphatic carbocycles. The van der Waals surface area contributed by atoms with Gasteiger partial charge in [0.25, 0.3) is 0 Å². The lowest BCUT2D eigenvalue weighted by Gasteiger charge is -2.04. The maximum Gasteiger partial charge on any atom is 0.335 e. The van der Waals surface area contributed by atoms with Gasteiger partial charge in [0.05, 0.1) is 16.2 Å². The maximum absolute atomic E-state index is 11.0. The number of carbonyl (C=O) groups is 1. The molecule has 0 bridgehead atoms. The molecule has 0 saturated carbocycles. The minimum atomic E-state index is -1.08. The predicted octanol–water partition coefficient (Wildman–Crippen LogP) is 3.82. The number of aryl methyl sites for hydroxylation is 1. The van der Waals surface area contributed by atoms with Gasteiger partial charge in [-0.25, -0.2) is 4.79 Å². The summed E-state index contributed by atoms with van der Waals surface area (Å²) in [6.07, 6.45) is 1.25. The predicted molar refractivity (Wildman–Crippen MR) is 87.9 cm³/mol. The third-order valence-corrected chi connectivity index (χ3v) is 3.54. The number of aliphatic imine (C=N–C) groups is 1. The average molecular weight is 379 g/mol. The summed E-state index contributed by atoms with van der Waals surface area (Å²) in [6, 6.07) is 7.11. The third-order valence-electron chi connectivity index (χ3n) is 3.08. The first kappa shape index (κ1) is 16.6. The van der Waals surface area contributed by atoms with Gasteiger partial charge in [0.15, 0.2) is 0 Å². The van der Waals surface area contributed by atoms with Crippen molar-refractivity contribution in [2.45, 2.75) is 6.92 Å². The smallest absolute Gasteiger partial charge is 0.335 e. The van der Waals surface area contributed by atoms with Crippen molar-refractivity contribution in [3.63, 3.8) is 0 Å². The Balaban J connectivity index is 2.47. The zero-order chi connectivity index (χ0) is 17.1. The van der Waals surface area contributed by atoms with E-state index in [9.17, 15) is 20.0 Å². The number of benzene rings is 2. The SMILES string of the molecule is Cc1ccc(C(=O)O)cc1N=Cc1cc(Br)cc([N+](=O)[O-])c1O. The van der Waals surface area contributed by atoms with E-state index >= 15 is 0 Å². The minimum absolute atomic E-state index is 0.0761. The highest BCUT2D eigenvalue weighted by Gasteiger charge is 2.17. The van der Waals surface area contributed by atoms with Gasteiger partial charge >= 0.3 is 11.7 Å². The fourth-order valence-corrected chi connectivity index (χ4v) is 2.33. The largest absolute Gasteiger partial charge is 0.502 e. The number of aromatic carboxylic acids is 1. The molecule has 0 heterocycles. The van der Waals surface area contributed by atoms with Gasteiger partial charge in [-0.15, -0.1) is 0 Å². The molecule has 7 nitrogen and oxygen atoms in total.